The summed E-state index contributed by atoms with van der Waals surface area (Å²) in [5, 5.41) is -0.111. The van der Waals surface area contributed by atoms with E-state index in [2.05, 4.69) is 4.98 Å². The molecule has 0 amide bonds. The predicted molar refractivity (Wildman–Crippen MR) is 103 cm³/mol. The first-order valence-corrected chi connectivity index (χ1v) is 9.27. The van der Waals surface area contributed by atoms with Gasteiger partial charge in [-0.05, 0) is 29.7 Å². The zero-order valence-corrected chi connectivity index (χ0v) is 16.9. The first-order valence-electron chi connectivity index (χ1n) is 9.27. The number of pyridine rings is 1. The average Bonchev–Trinajstić information content (AvgIpc) is 2.94. The summed E-state index contributed by atoms with van der Waals surface area (Å²) in [6.45, 7) is 5.75. The fourth-order valence-electron chi connectivity index (χ4n) is 3.43. The topological polar surface area (TPSA) is 43.8 Å². The van der Waals surface area contributed by atoms with Crippen molar-refractivity contribution in [2.24, 2.45) is 11.1 Å². The maximum absolute atomic E-state index is 14.9. The zero-order chi connectivity index (χ0) is 23.4. The molecular formula is C21H20F7N3. The van der Waals surface area contributed by atoms with Gasteiger partial charge in [-0.25, -0.2) is 4.39 Å². The third kappa shape index (κ3) is 4.68. The Labute approximate surface area is 173 Å². The van der Waals surface area contributed by atoms with Crippen molar-refractivity contribution >= 4 is 10.9 Å². The van der Waals surface area contributed by atoms with Crippen LogP contribution in [0.5, 0.6) is 0 Å². The Morgan fingerprint density at radius 3 is 2.26 bits per heavy atom. The summed E-state index contributed by atoms with van der Waals surface area (Å²) in [6.07, 6.45) is -7.30. The third-order valence-corrected chi connectivity index (χ3v) is 4.70. The molecule has 2 aromatic heterocycles. The first kappa shape index (κ1) is 23.1. The lowest BCUT2D eigenvalue weighted by Crippen LogP contribution is -2.28. The SMILES string of the molecule is CC(C)(C)Cn1cc([C@@H](N)C(F)(F)F)c2cc(F)c(-c3ncccc3C(F)(F)F)cc21. The molecule has 1 atom stereocenters. The highest BCUT2D eigenvalue weighted by Crippen LogP contribution is 2.41. The molecule has 0 saturated carbocycles. The first-order chi connectivity index (χ1) is 14.1. The summed E-state index contributed by atoms with van der Waals surface area (Å²) in [7, 11) is 0. The summed E-state index contributed by atoms with van der Waals surface area (Å²) >= 11 is 0. The predicted octanol–water partition coefficient (Wildman–Crippen LogP) is 6.47. The Hall–Kier alpha value is -2.62. The molecule has 0 spiro atoms. The second-order valence-electron chi connectivity index (χ2n) is 8.54. The molecule has 31 heavy (non-hydrogen) atoms. The van der Waals surface area contributed by atoms with E-state index in [-0.39, 0.29) is 28.4 Å². The van der Waals surface area contributed by atoms with Crippen LogP contribution in [0.25, 0.3) is 22.2 Å². The van der Waals surface area contributed by atoms with E-state index in [4.69, 9.17) is 5.73 Å². The van der Waals surface area contributed by atoms with Crippen LogP contribution in [0.1, 0.15) is 37.9 Å². The van der Waals surface area contributed by atoms with E-state index in [1.807, 2.05) is 20.8 Å². The number of alkyl halides is 6. The van der Waals surface area contributed by atoms with E-state index in [1.54, 1.807) is 0 Å². The van der Waals surface area contributed by atoms with E-state index in [0.29, 0.717) is 0 Å². The van der Waals surface area contributed by atoms with Crippen LogP contribution in [-0.4, -0.2) is 15.7 Å². The average molecular weight is 447 g/mol. The Bertz CT molecular complexity index is 1110. The molecule has 10 heteroatoms. The van der Waals surface area contributed by atoms with E-state index >= 15 is 0 Å². The van der Waals surface area contributed by atoms with Gasteiger partial charge >= 0.3 is 12.4 Å². The maximum Gasteiger partial charge on any atom is 0.418 e. The minimum Gasteiger partial charge on any atom is -0.347 e. The Morgan fingerprint density at radius 1 is 1.06 bits per heavy atom. The minimum atomic E-state index is -4.79. The lowest BCUT2D eigenvalue weighted by Gasteiger charge is -2.20. The van der Waals surface area contributed by atoms with Crippen LogP contribution < -0.4 is 5.73 Å². The second-order valence-corrected chi connectivity index (χ2v) is 8.54. The normalized spacial score (nSPS) is 14.3. The van der Waals surface area contributed by atoms with Crippen LogP contribution >= 0.6 is 0 Å². The molecule has 2 heterocycles. The van der Waals surface area contributed by atoms with Gasteiger partial charge in [-0.2, -0.15) is 26.3 Å². The number of fused-ring (bicyclic) bond motifs is 1. The van der Waals surface area contributed by atoms with Crippen molar-refractivity contribution in [2.75, 3.05) is 0 Å². The maximum atomic E-state index is 14.9. The van der Waals surface area contributed by atoms with Gasteiger partial charge in [-0.15, -0.1) is 0 Å². The molecule has 0 aliphatic rings. The molecule has 0 saturated heterocycles. The fourth-order valence-corrected chi connectivity index (χ4v) is 3.43. The Morgan fingerprint density at radius 2 is 1.71 bits per heavy atom. The van der Waals surface area contributed by atoms with Crippen molar-refractivity contribution in [3.05, 3.63) is 53.6 Å². The largest absolute Gasteiger partial charge is 0.418 e. The fraction of sp³-hybridized carbons (Fsp3) is 0.381. The van der Waals surface area contributed by atoms with Crippen molar-refractivity contribution in [3.63, 3.8) is 0 Å². The van der Waals surface area contributed by atoms with E-state index < -0.39 is 41.0 Å². The number of aromatic nitrogens is 2. The molecule has 168 valence electrons. The highest BCUT2D eigenvalue weighted by Gasteiger charge is 2.40. The summed E-state index contributed by atoms with van der Waals surface area (Å²) in [5.41, 5.74) is 2.53. The standard InChI is InChI=1S/C21H20F7N3/c1-19(2,3)10-31-9-13(18(29)21(26,27)28)11-7-15(22)12(8-16(11)31)17-14(20(23,24)25)5-4-6-30-17/h4-9,18H,10,29H2,1-3H3/t18-/m1/s1. The second kappa shape index (κ2) is 7.51. The van der Waals surface area contributed by atoms with Gasteiger partial charge in [0, 0.05) is 41.0 Å². The highest BCUT2D eigenvalue weighted by molar-refractivity contribution is 5.89. The number of benzene rings is 1. The zero-order valence-electron chi connectivity index (χ0n) is 16.9. The quantitative estimate of drug-likeness (QED) is 0.468. The van der Waals surface area contributed by atoms with Crippen LogP contribution in [0.2, 0.25) is 0 Å². The molecule has 0 bridgehead atoms. The molecule has 3 nitrogen and oxygen atoms in total. The van der Waals surface area contributed by atoms with E-state index in [1.165, 1.54) is 10.8 Å². The van der Waals surface area contributed by atoms with Crippen molar-refractivity contribution in [1.29, 1.82) is 0 Å². The van der Waals surface area contributed by atoms with Crippen molar-refractivity contribution < 1.29 is 30.7 Å². The van der Waals surface area contributed by atoms with Crippen LogP contribution in [0.4, 0.5) is 30.7 Å². The van der Waals surface area contributed by atoms with Crippen LogP contribution in [0.15, 0.2) is 36.7 Å². The number of halogens is 7. The summed E-state index contributed by atoms with van der Waals surface area (Å²) < 4.78 is 96.4. The number of rotatable bonds is 3. The Balaban J connectivity index is 2.32. The van der Waals surface area contributed by atoms with E-state index in [9.17, 15) is 30.7 Å². The van der Waals surface area contributed by atoms with Crippen molar-refractivity contribution in [1.82, 2.24) is 9.55 Å². The molecule has 3 rings (SSSR count). The van der Waals surface area contributed by atoms with Gasteiger partial charge in [0.05, 0.1) is 11.3 Å². The molecular weight excluding hydrogens is 427 g/mol. The molecule has 3 aromatic rings. The molecule has 0 radical (unpaired) electrons. The molecule has 0 fully saturated rings. The molecule has 0 unspecified atom stereocenters. The van der Waals surface area contributed by atoms with Crippen molar-refractivity contribution in [2.45, 2.75) is 45.7 Å². The van der Waals surface area contributed by atoms with Gasteiger partial charge < -0.3 is 10.3 Å². The highest BCUT2D eigenvalue weighted by atomic mass is 19.4. The molecule has 0 aliphatic carbocycles. The lowest BCUT2D eigenvalue weighted by molar-refractivity contribution is -0.149. The van der Waals surface area contributed by atoms with Gasteiger partial charge in [0.1, 0.15) is 11.9 Å². The lowest BCUT2D eigenvalue weighted by atomic mass is 9.96. The van der Waals surface area contributed by atoms with Crippen molar-refractivity contribution in [3.8, 4) is 11.3 Å². The Kier molecular flexibility index (Phi) is 5.58. The van der Waals surface area contributed by atoms with Crippen LogP contribution in [-0.2, 0) is 12.7 Å². The number of nitrogens with two attached hydrogens (primary N) is 1. The number of hydrogen-bond acceptors (Lipinski definition) is 2. The van der Waals surface area contributed by atoms with E-state index in [0.717, 1.165) is 30.5 Å². The van der Waals surface area contributed by atoms with Gasteiger partial charge in [-0.3, -0.25) is 4.98 Å². The minimum absolute atomic E-state index is 0.111. The summed E-state index contributed by atoms with van der Waals surface area (Å²) in [6, 6.07) is 1.36. The smallest absolute Gasteiger partial charge is 0.347 e. The van der Waals surface area contributed by atoms with Gasteiger partial charge in [0.15, 0.2) is 0 Å². The van der Waals surface area contributed by atoms with Gasteiger partial charge in [0.25, 0.3) is 0 Å². The third-order valence-electron chi connectivity index (χ3n) is 4.70. The number of hydrogen-bond donors (Lipinski definition) is 1. The molecule has 1 aromatic carbocycles. The summed E-state index contributed by atoms with van der Waals surface area (Å²) in [5.74, 6) is -1.12. The molecule has 2 N–H and O–H groups in total. The van der Waals surface area contributed by atoms with Gasteiger partial charge in [-0.1, -0.05) is 20.8 Å². The monoisotopic (exact) mass is 447 g/mol. The molecule has 0 aliphatic heterocycles. The van der Waals surface area contributed by atoms with Crippen LogP contribution in [0, 0.1) is 11.2 Å². The number of nitrogens with zero attached hydrogens (tertiary/aromatic N) is 2. The van der Waals surface area contributed by atoms with Gasteiger partial charge in [0.2, 0.25) is 0 Å². The van der Waals surface area contributed by atoms with Crippen LogP contribution in [0.3, 0.4) is 0 Å². The summed E-state index contributed by atoms with van der Waals surface area (Å²) in [4.78, 5) is 3.69.